The number of likely N-dealkylation sites (N-methyl/N-ethyl adjacent to an activating group) is 2. The third-order valence-electron chi connectivity index (χ3n) is 19.7. The monoisotopic (exact) mass is 1340 g/mol. The molecule has 25 nitrogen and oxygen atoms in total. The van der Waals surface area contributed by atoms with Crippen LogP contribution in [0.4, 0.5) is 15.3 Å². The number of primary amides is 1. The van der Waals surface area contributed by atoms with Gasteiger partial charge in [0.1, 0.15) is 30.8 Å². The predicted molar refractivity (Wildman–Crippen MR) is 365 cm³/mol. The molecular weight excluding hydrogens is 1230 g/mol. The second-order valence-corrected chi connectivity index (χ2v) is 27.8. The Morgan fingerprint density at radius 3 is 1.91 bits per heavy atom. The van der Waals surface area contributed by atoms with E-state index in [1.165, 1.54) is 45.4 Å². The first-order chi connectivity index (χ1) is 45.5. The van der Waals surface area contributed by atoms with Crippen molar-refractivity contribution in [1.82, 2.24) is 46.6 Å². The first kappa shape index (κ1) is 79.3. The lowest BCUT2D eigenvalue weighted by molar-refractivity contribution is -0.148. The molecule has 2 aliphatic carbocycles. The highest BCUT2D eigenvalue weighted by molar-refractivity contribution is 5.98. The zero-order chi connectivity index (χ0) is 71.1. The van der Waals surface area contributed by atoms with Crippen molar-refractivity contribution in [2.24, 2.45) is 47.2 Å². The summed E-state index contributed by atoms with van der Waals surface area (Å²) >= 11 is 0. The number of hydrogen-bond acceptors (Lipinski definition) is 14. The van der Waals surface area contributed by atoms with Crippen LogP contribution in [0.3, 0.4) is 0 Å². The van der Waals surface area contributed by atoms with Crippen molar-refractivity contribution in [2.45, 2.75) is 232 Å². The highest BCUT2D eigenvalue weighted by Gasteiger charge is 2.45. The van der Waals surface area contributed by atoms with Gasteiger partial charge in [-0.15, -0.1) is 0 Å². The van der Waals surface area contributed by atoms with Crippen molar-refractivity contribution in [3.8, 4) is 0 Å². The van der Waals surface area contributed by atoms with E-state index >= 15 is 0 Å². The normalized spacial score (nSPS) is 20.2. The van der Waals surface area contributed by atoms with Crippen LogP contribution >= 0.6 is 0 Å². The largest absolute Gasteiger partial charge is 0.445 e. The number of nitrogens with two attached hydrogens (primary N) is 1. The molecule has 3 fully saturated rings. The van der Waals surface area contributed by atoms with Gasteiger partial charge < -0.3 is 72.1 Å². The third kappa shape index (κ3) is 22.9. The molecule has 3 aliphatic rings. The van der Waals surface area contributed by atoms with Gasteiger partial charge in [0, 0.05) is 66.0 Å². The summed E-state index contributed by atoms with van der Waals surface area (Å²) in [5, 5.41) is 30.9. The minimum Gasteiger partial charge on any atom is -0.445 e. The Bertz CT molecular complexity index is 2870. The summed E-state index contributed by atoms with van der Waals surface area (Å²) in [5.74, 6) is -3.90. The number of rotatable bonds is 37. The Hall–Kier alpha value is -7.38. The third-order valence-corrected chi connectivity index (χ3v) is 19.7. The minimum absolute atomic E-state index is 0.0335. The average Bonchev–Trinajstić information content (AvgIpc) is 1.43. The smallest absolute Gasteiger partial charge is 0.410 e. The Labute approximate surface area is 568 Å². The molecule has 2 aromatic carbocycles. The fourth-order valence-corrected chi connectivity index (χ4v) is 14.1. The molecule has 15 atom stereocenters. The number of anilines is 1. The number of aliphatic hydroxyl groups excluding tert-OH is 1. The van der Waals surface area contributed by atoms with E-state index in [0.29, 0.717) is 60.9 Å². The standard InChI is InChI=1S/C71H113N11O14/c1-15-44(8)62(55(94-13)39-58(85)82-36-22-28-54(82)64(95-14)45(9)65(87)74-46(10)63(86)48-23-17-16-18-24-48)80(11)69(91)60(42(4)5)79-68(90)61(43(6)7)81(12)71(93)96-40-47-31-33-51(34-32-47)76-66(88)53(27-21-35-73-70(72)92)77-67(89)59(41(2)3)78-57(84)30-20-29-56(83)75-52-37-49-25-19-26-50(49)38-52/h16-18,23-24,31-34,41-46,49-50,52-55,59-64,86H,15,19-22,25-30,35-40H2,1-14H3,(H,74,87)(H,75,83)(H,76,88)(H,77,89)(H,78,84)(H,79,90)(H3,72,73,92)/t44-,45+,46+,49-,50?,52?,53-,54-,55+,59-,60-,61-,62-,63+,64+/m0/s1. The number of carbonyl (C=O) groups excluding carboxylic acids is 10. The Morgan fingerprint density at radius 1 is 0.688 bits per heavy atom. The van der Waals surface area contributed by atoms with Crippen molar-refractivity contribution < 1.29 is 67.3 Å². The molecule has 1 heterocycles. The number of fused-ring (bicyclic) bond motifs is 1. The summed E-state index contributed by atoms with van der Waals surface area (Å²) in [6.07, 6.45) is 5.24. The van der Waals surface area contributed by atoms with Gasteiger partial charge in [-0.05, 0) is 111 Å². The number of benzene rings is 2. The van der Waals surface area contributed by atoms with Crippen LogP contribution in [0.15, 0.2) is 54.6 Å². The molecule has 0 spiro atoms. The molecule has 1 aliphatic heterocycles. The molecule has 0 radical (unpaired) electrons. The van der Waals surface area contributed by atoms with E-state index in [9.17, 15) is 53.1 Å². The van der Waals surface area contributed by atoms with Crippen molar-refractivity contribution in [3.63, 3.8) is 0 Å². The van der Waals surface area contributed by atoms with Gasteiger partial charge in [0.25, 0.3) is 0 Å². The zero-order valence-corrected chi connectivity index (χ0v) is 59.3. The molecular formula is C71H113N11O14. The van der Waals surface area contributed by atoms with E-state index in [-0.39, 0.29) is 80.9 Å². The number of hydrogen-bond donors (Lipinski definition) is 9. The van der Waals surface area contributed by atoms with Gasteiger partial charge in [0.05, 0.1) is 48.8 Å². The Kier molecular flexibility index (Phi) is 31.8. The van der Waals surface area contributed by atoms with Gasteiger partial charge in [-0.1, -0.05) is 130 Å². The van der Waals surface area contributed by atoms with E-state index in [0.717, 1.165) is 12.8 Å². The lowest BCUT2D eigenvalue weighted by Crippen LogP contribution is -2.60. The molecule has 25 heteroatoms. The zero-order valence-electron chi connectivity index (χ0n) is 59.3. The summed E-state index contributed by atoms with van der Waals surface area (Å²) < 4.78 is 17.8. The van der Waals surface area contributed by atoms with Crippen LogP contribution in [0.25, 0.3) is 0 Å². The Morgan fingerprint density at radius 2 is 1.32 bits per heavy atom. The van der Waals surface area contributed by atoms with Gasteiger partial charge >= 0.3 is 12.1 Å². The maximum absolute atomic E-state index is 14.8. The summed E-state index contributed by atoms with van der Waals surface area (Å²) in [5.41, 5.74) is 6.82. The number of nitrogens with one attached hydrogen (secondary N) is 7. The number of methoxy groups -OCH3 is 2. The molecule has 2 aromatic rings. The summed E-state index contributed by atoms with van der Waals surface area (Å²) in [6, 6.07) is 9.05. The van der Waals surface area contributed by atoms with Crippen LogP contribution in [0.1, 0.15) is 176 Å². The molecule has 1 saturated heterocycles. The fourth-order valence-electron chi connectivity index (χ4n) is 14.1. The van der Waals surface area contributed by atoms with Crippen LogP contribution in [-0.4, -0.2) is 181 Å². The molecule has 0 aromatic heterocycles. The fraction of sp³-hybridized carbons (Fsp3) is 0.690. The number of ether oxygens (including phenoxy) is 3. The maximum atomic E-state index is 14.8. The van der Waals surface area contributed by atoms with E-state index in [1.807, 2.05) is 32.0 Å². The van der Waals surface area contributed by atoms with Crippen molar-refractivity contribution in [1.29, 1.82) is 0 Å². The molecule has 11 amide bonds. The number of urea groups is 1. The number of amides is 11. The lowest BCUT2D eigenvalue weighted by atomic mass is 9.89. The number of likely N-dealkylation sites (tertiary alicyclic amines) is 1. The van der Waals surface area contributed by atoms with Crippen LogP contribution < -0.4 is 43.0 Å². The minimum atomic E-state index is -1.10. The van der Waals surface area contributed by atoms with E-state index in [4.69, 9.17) is 19.9 Å². The molecule has 96 heavy (non-hydrogen) atoms. The van der Waals surface area contributed by atoms with Crippen LogP contribution in [0, 0.1) is 41.4 Å². The molecule has 0 bridgehead atoms. The summed E-state index contributed by atoms with van der Waals surface area (Å²) in [7, 11) is 6.10. The summed E-state index contributed by atoms with van der Waals surface area (Å²) in [6.45, 7) is 18.5. The molecule has 536 valence electrons. The number of aliphatic hydroxyl groups is 1. The average molecular weight is 1340 g/mol. The maximum Gasteiger partial charge on any atom is 0.410 e. The van der Waals surface area contributed by atoms with Gasteiger partial charge in [-0.3, -0.25) is 43.3 Å². The quantitative estimate of drug-likeness (QED) is 0.0328. The van der Waals surface area contributed by atoms with Crippen LogP contribution in [-0.2, 0) is 59.2 Å². The highest BCUT2D eigenvalue weighted by atomic mass is 16.6. The molecule has 2 saturated carbocycles. The predicted octanol–water partition coefficient (Wildman–Crippen LogP) is 6.46. The topological polar surface area (TPSA) is 339 Å². The van der Waals surface area contributed by atoms with Gasteiger partial charge in [-0.25, -0.2) is 9.59 Å². The second kappa shape index (κ2) is 38.5. The molecule has 2 unspecified atom stereocenters. The van der Waals surface area contributed by atoms with Crippen molar-refractivity contribution in [3.05, 3.63) is 65.7 Å². The van der Waals surface area contributed by atoms with Crippen molar-refractivity contribution >= 4 is 65.1 Å². The van der Waals surface area contributed by atoms with E-state index in [2.05, 4.69) is 37.2 Å². The first-order valence-electron chi connectivity index (χ1n) is 34.7. The summed E-state index contributed by atoms with van der Waals surface area (Å²) in [4.78, 5) is 141. The van der Waals surface area contributed by atoms with E-state index in [1.54, 1.807) is 109 Å². The Balaban J connectivity index is 1.16. The van der Waals surface area contributed by atoms with E-state index < -0.39 is 120 Å². The number of carbonyl (C=O) groups is 10. The van der Waals surface area contributed by atoms with Gasteiger partial charge in [0.2, 0.25) is 47.3 Å². The first-order valence-corrected chi connectivity index (χ1v) is 34.7. The second-order valence-electron chi connectivity index (χ2n) is 27.8. The molecule has 10 N–H and O–H groups in total. The van der Waals surface area contributed by atoms with Crippen LogP contribution in [0.2, 0.25) is 0 Å². The number of nitrogens with zero attached hydrogens (tertiary/aromatic N) is 3. The molecule has 5 rings (SSSR count). The van der Waals surface area contributed by atoms with Crippen LogP contribution in [0.5, 0.6) is 0 Å². The van der Waals surface area contributed by atoms with Gasteiger partial charge in [0.15, 0.2) is 0 Å². The SMILES string of the molecule is CC[C@H](C)[C@@H]([C@@H](CC(=O)N1CCC[C@H]1[C@H](OC)[C@@H](C)C(=O)N[C@H](C)[C@@H](O)c1ccccc1)OC)N(C)C(=O)[C@@H](NC(=O)[C@H](C(C)C)N(C)C(=O)OCc1ccc(NC(=O)[C@H](CCCNC(N)=O)NC(=O)[C@@H](NC(=O)CCCC(=O)NC2CC3CCC[C@H]3C2)C(C)C)cc1)C(C)C. The van der Waals surface area contributed by atoms with Crippen molar-refractivity contribution in [2.75, 3.05) is 46.7 Å². The highest BCUT2D eigenvalue weighted by Crippen LogP contribution is 2.44. The lowest BCUT2D eigenvalue weighted by Gasteiger charge is -2.41. The van der Waals surface area contributed by atoms with Gasteiger partial charge in [-0.2, -0.15) is 0 Å².